The third kappa shape index (κ3) is 3.52. The zero-order valence-corrected chi connectivity index (χ0v) is 14.5. The number of nitrogens with zero attached hydrogens (tertiary/aromatic N) is 1. The normalized spacial score (nSPS) is 11.3. The summed E-state index contributed by atoms with van der Waals surface area (Å²) in [5.74, 6) is -0.582. The summed E-state index contributed by atoms with van der Waals surface area (Å²) in [5.41, 5.74) is 0.367. The van der Waals surface area contributed by atoms with Gasteiger partial charge in [0.1, 0.15) is 9.77 Å². The molecule has 0 fully saturated rings. The number of esters is 1. The molecule has 0 saturated carbocycles. The van der Waals surface area contributed by atoms with Crippen molar-refractivity contribution in [3.63, 3.8) is 0 Å². The molecule has 2 rings (SSSR count). The Bertz CT molecular complexity index is 834. The number of anilines is 1. The van der Waals surface area contributed by atoms with Gasteiger partial charge in [0.2, 0.25) is 0 Å². The second-order valence-electron chi connectivity index (χ2n) is 4.11. The number of aryl methyl sites for hydroxylation is 1. The molecule has 0 aliphatic rings. The highest BCUT2D eigenvalue weighted by molar-refractivity contribution is 7.93. The number of carbonyl (C=O) groups is 1. The molecule has 22 heavy (non-hydrogen) atoms. The molecule has 0 amide bonds. The number of benzene rings is 1. The monoisotopic (exact) mass is 380 g/mol. The number of hydrogen-bond donors (Lipinski definition) is 1. The van der Waals surface area contributed by atoms with E-state index in [1.807, 2.05) is 0 Å². The largest absolute Gasteiger partial charge is 0.465 e. The molecule has 1 N–H and O–H groups in total. The maximum absolute atomic E-state index is 12.3. The lowest BCUT2D eigenvalue weighted by atomic mass is 10.4. The van der Waals surface area contributed by atoms with Gasteiger partial charge in [-0.05, 0) is 25.1 Å². The van der Waals surface area contributed by atoms with E-state index in [9.17, 15) is 13.2 Å². The number of sulfonamides is 1. The molecule has 0 bridgehead atoms. The van der Waals surface area contributed by atoms with Crippen LogP contribution in [0.15, 0.2) is 23.1 Å². The quantitative estimate of drug-likeness (QED) is 0.821. The summed E-state index contributed by atoms with van der Waals surface area (Å²) in [6.45, 7) is 1.58. The third-order valence-corrected chi connectivity index (χ3v) is 5.81. The van der Waals surface area contributed by atoms with Crippen LogP contribution >= 0.6 is 34.5 Å². The van der Waals surface area contributed by atoms with Gasteiger partial charge < -0.3 is 4.74 Å². The second kappa shape index (κ2) is 6.41. The number of aromatic nitrogens is 1. The zero-order valence-electron chi connectivity index (χ0n) is 11.4. The first-order chi connectivity index (χ1) is 10.2. The molecule has 1 aromatic heterocycles. The maximum Gasteiger partial charge on any atom is 0.350 e. The van der Waals surface area contributed by atoms with E-state index in [0.29, 0.717) is 5.69 Å². The van der Waals surface area contributed by atoms with Gasteiger partial charge in [-0.15, -0.1) is 0 Å². The minimum atomic E-state index is -3.97. The van der Waals surface area contributed by atoms with E-state index < -0.39 is 16.0 Å². The minimum Gasteiger partial charge on any atom is -0.465 e. The number of thiazole rings is 1. The molecule has 0 radical (unpaired) electrons. The van der Waals surface area contributed by atoms with Gasteiger partial charge >= 0.3 is 5.97 Å². The van der Waals surface area contributed by atoms with E-state index in [4.69, 9.17) is 23.2 Å². The Morgan fingerprint density at radius 1 is 1.36 bits per heavy atom. The zero-order chi connectivity index (χ0) is 16.5. The minimum absolute atomic E-state index is 0.0263. The molecule has 0 atom stereocenters. The van der Waals surface area contributed by atoms with Crippen LogP contribution in [0.25, 0.3) is 0 Å². The highest BCUT2D eigenvalue weighted by Gasteiger charge is 2.22. The number of nitrogens with one attached hydrogen (secondary N) is 1. The van der Waals surface area contributed by atoms with Crippen LogP contribution in [-0.4, -0.2) is 26.5 Å². The topological polar surface area (TPSA) is 85.4 Å². The average molecular weight is 381 g/mol. The van der Waals surface area contributed by atoms with Gasteiger partial charge in [-0.1, -0.05) is 34.5 Å². The summed E-state index contributed by atoms with van der Waals surface area (Å²) >= 11 is 12.5. The molecule has 6 nitrogen and oxygen atoms in total. The fraction of sp³-hybridized carbons (Fsp3) is 0.167. The number of rotatable bonds is 4. The maximum atomic E-state index is 12.3. The van der Waals surface area contributed by atoms with Crippen LogP contribution in [-0.2, 0) is 14.8 Å². The Balaban J connectivity index is 2.37. The van der Waals surface area contributed by atoms with Gasteiger partial charge in [0.05, 0.1) is 17.8 Å². The van der Waals surface area contributed by atoms with Crippen molar-refractivity contribution in [2.24, 2.45) is 0 Å². The van der Waals surface area contributed by atoms with Gasteiger partial charge in [-0.25, -0.2) is 18.2 Å². The standard InChI is InChI=1S/C12H10Cl2N2O4S2/c1-6-10(11(17)20-2)21-12(15-6)16-22(18,19)9-5-7(13)3-4-8(9)14/h3-5H,1-2H3,(H,15,16). The molecular formula is C12H10Cl2N2O4S2. The van der Waals surface area contributed by atoms with Crippen molar-refractivity contribution in [1.82, 2.24) is 4.98 Å². The second-order valence-corrected chi connectivity index (χ2v) is 7.60. The molecular weight excluding hydrogens is 371 g/mol. The van der Waals surface area contributed by atoms with Crippen LogP contribution in [0.3, 0.4) is 0 Å². The van der Waals surface area contributed by atoms with Crippen molar-refractivity contribution < 1.29 is 17.9 Å². The summed E-state index contributed by atoms with van der Waals surface area (Å²) in [6.07, 6.45) is 0. The molecule has 0 aliphatic carbocycles. The summed E-state index contributed by atoms with van der Waals surface area (Å²) in [6, 6.07) is 4.09. The Morgan fingerprint density at radius 3 is 2.68 bits per heavy atom. The first-order valence-corrected chi connectivity index (χ1v) is 8.84. The average Bonchev–Trinajstić information content (AvgIpc) is 2.80. The van der Waals surface area contributed by atoms with E-state index in [1.54, 1.807) is 6.92 Å². The van der Waals surface area contributed by atoms with E-state index in [-0.39, 0.29) is 24.9 Å². The van der Waals surface area contributed by atoms with Gasteiger partial charge in [0.15, 0.2) is 5.13 Å². The molecule has 2 aromatic rings. The van der Waals surface area contributed by atoms with Crippen molar-refractivity contribution in [1.29, 1.82) is 0 Å². The van der Waals surface area contributed by atoms with Crippen molar-refractivity contribution in [3.8, 4) is 0 Å². The van der Waals surface area contributed by atoms with Crippen LogP contribution in [0, 0.1) is 6.92 Å². The van der Waals surface area contributed by atoms with Gasteiger partial charge in [-0.3, -0.25) is 4.72 Å². The Hall–Kier alpha value is -1.35. The summed E-state index contributed by atoms with van der Waals surface area (Å²) in [7, 11) is -2.74. The predicted molar refractivity (Wildman–Crippen MR) is 85.5 cm³/mol. The molecule has 0 spiro atoms. The van der Waals surface area contributed by atoms with Crippen LogP contribution in [0.2, 0.25) is 10.0 Å². The Morgan fingerprint density at radius 2 is 2.05 bits per heavy atom. The summed E-state index contributed by atoms with van der Waals surface area (Å²) in [4.78, 5) is 15.6. The smallest absolute Gasteiger partial charge is 0.350 e. The molecule has 0 saturated heterocycles. The Labute approximate surface area is 141 Å². The van der Waals surface area contributed by atoms with Crippen LogP contribution in [0.5, 0.6) is 0 Å². The number of hydrogen-bond acceptors (Lipinski definition) is 6. The van der Waals surface area contributed by atoms with E-state index >= 15 is 0 Å². The first kappa shape index (κ1) is 17.0. The highest BCUT2D eigenvalue weighted by Crippen LogP contribution is 2.29. The highest BCUT2D eigenvalue weighted by atomic mass is 35.5. The molecule has 0 aliphatic heterocycles. The first-order valence-electron chi connectivity index (χ1n) is 5.78. The lowest BCUT2D eigenvalue weighted by molar-refractivity contribution is 0.0605. The lowest BCUT2D eigenvalue weighted by Gasteiger charge is -2.07. The van der Waals surface area contributed by atoms with Gasteiger partial charge in [0.25, 0.3) is 10.0 Å². The van der Waals surface area contributed by atoms with Gasteiger partial charge in [0, 0.05) is 5.02 Å². The SMILES string of the molecule is COC(=O)c1sc(NS(=O)(=O)c2cc(Cl)ccc2Cl)nc1C. The van der Waals surface area contributed by atoms with Crippen molar-refractivity contribution in [2.45, 2.75) is 11.8 Å². The molecule has 1 heterocycles. The van der Waals surface area contributed by atoms with Gasteiger partial charge in [-0.2, -0.15) is 0 Å². The molecule has 0 unspecified atom stereocenters. The molecule has 118 valence electrons. The van der Waals surface area contributed by atoms with E-state index in [0.717, 1.165) is 11.3 Å². The Kier molecular flexibility index (Phi) is 4.96. The lowest BCUT2D eigenvalue weighted by Crippen LogP contribution is -2.13. The van der Waals surface area contributed by atoms with E-state index in [1.165, 1.54) is 25.3 Å². The molecule has 10 heteroatoms. The van der Waals surface area contributed by atoms with Crippen LogP contribution in [0.1, 0.15) is 15.4 Å². The fourth-order valence-electron chi connectivity index (χ4n) is 1.58. The summed E-state index contributed by atoms with van der Waals surface area (Å²) in [5, 5.41) is 0.294. The number of halogens is 2. The van der Waals surface area contributed by atoms with Crippen LogP contribution in [0.4, 0.5) is 5.13 Å². The predicted octanol–water partition coefficient (Wildman–Crippen LogP) is 3.35. The van der Waals surface area contributed by atoms with Crippen molar-refractivity contribution in [2.75, 3.05) is 11.8 Å². The van der Waals surface area contributed by atoms with Crippen molar-refractivity contribution in [3.05, 3.63) is 38.8 Å². The number of ether oxygens (including phenoxy) is 1. The van der Waals surface area contributed by atoms with Crippen molar-refractivity contribution >= 4 is 55.7 Å². The third-order valence-electron chi connectivity index (χ3n) is 2.57. The summed E-state index contributed by atoms with van der Waals surface area (Å²) < 4.78 is 31.5. The van der Waals surface area contributed by atoms with Crippen LogP contribution < -0.4 is 4.72 Å². The molecule has 1 aromatic carbocycles. The number of methoxy groups -OCH3 is 1. The van der Waals surface area contributed by atoms with E-state index in [2.05, 4.69) is 14.4 Å². The number of carbonyl (C=O) groups excluding carboxylic acids is 1. The fourth-order valence-corrected chi connectivity index (χ4v) is 4.46.